The fourth-order valence-corrected chi connectivity index (χ4v) is 2.06. The van der Waals surface area contributed by atoms with Crippen molar-refractivity contribution in [1.29, 1.82) is 0 Å². The van der Waals surface area contributed by atoms with Gasteiger partial charge in [-0.1, -0.05) is 6.07 Å². The lowest BCUT2D eigenvalue weighted by atomic mass is 10.1. The number of anilines is 1. The van der Waals surface area contributed by atoms with Crippen LogP contribution in [0.1, 0.15) is 24.1 Å². The summed E-state index contributed by atoms with van der Waals surface area (Å²) >= 11 is 0. The molecule has 0 spiro atoms. The molecule has 1 unspecified atom stereocenters. The van der Waals surface area contributed by atoms with Gasteiger partial charge in [0.05, 0.1) is 18.8 Å². The van der Waals surface area contributed by atoms with E-state index in [-0.39, 0.29) is 17.6 Å². The zero-order chi connectivity index (χ0) is 14.7. The molecule has 3 nitrogen and oxygen atoms in total. The zero-order valence-electron chi connectivity index (χ0n) is 11.8. The van der Waals surface area contributed by atoms with Crippen molar-refractivity contribution in [3.05, 3.63) is 53.3 Å². The molecule has 0 aliphatic carbocycles. The van der Waals surface area contributed by atoms with Crippen LogP contribution < -0.4 is 10.1 Å². The summed E-state index contributed by atoms with van der Waals surface area (Å²) in [6.45, 7) is 3.70. The number of benzene rings is 2. The van der Waals surface area contributed by atoms with E-state index in [0.29, 0.717) is 17.0 Å². The van der Waals surface area contributed by atoms with E-state index in [1.807, 2.05) is 19.9 Å². The van der Waals surface area contributed by atoms with Gasteiger partial charge < -0.3 is 15.2 Å². The number of nitrogens with one attached hydrogen (secondary N) is 1. The van der Waals surface area contributed by atoms with Crippen LogP contribution in [0, 0.1) is 12.7 Å². The molecule has 106 valence electrons. The maximum atomic E-state index is 13.8. The highest BCUT2D eigenvalue weighted by Crippen LogP contribution is 2.31. The van der Waals surface area contributed by atoms with Gasteiger partial charge in [-0.3, -0.25) is 0 Å². The van der Waals surface area contributed by atoms with E-state index in [2.05, 4.69) is 5.32 Å². The lowest BCUT2D eigenvalue weighted by Gasteiger charge is -2.18. The molecule has 0 radical (unpaired) electrons. The molecule has 20 heavy (non-hydrogen) atoms. The lowest BCUT2D eigenvalue weighted by molar-refractivity contribution is 0.406. The van der Waals surface area contributed by atoms with Gasteiger partial charge in [-0.2, -0.15) is 0 Å². The average molecular weight is 275 g/mol. The van der Waals surface area contributed by atoms with Gasteiger partial charge >= 0.3 is 0 Å². The predicted octanol–water partition coefficient (Wildman–Crippen LogP) is 4.02. The summed E-state index contributed by atoms with van der Waals surface area (Å²) in [5, 5.41) is 13.0. The van der Waals surface area contributed by atoms with Gasteiger partial charge in [-0.05, 0) is 43.7 Å². The number of methoxy groups -OCH3 is 1. The van der Waals surface area contributed by atoms with Crippen LogP contribution >= 0.6 is 0 Å². The van der Waals surface area contributed by atoms with E-state index in [9.17, 15) is 9.50 Å². The second-order valence-electron chi connectivity index (χ2n) is 4.77. The zero-order valence-corrected chi connectivity index (χ0v) is 11.8. The van der Waals surface area contributed by atoms with Gasteiger partial charge in [0.25, 0.3) is 0 Å². The molecule has 0 amide bonds. The van der Waals surface area contributed by atoms with Crippen molar-refractivity contribution >= 4 is 5.69 Å². The van der Waals surface area contributed by atoms with Crippen LogP contribution in [0.4, 0.5) is 10.1 Å². The average Bonchev–Trinajstić information content (AvgIpc) is 2.41. The smallest absolute Gasteiger partial charge is 0.146 e. The second-order valence-corrected chi connectivity index (χ2v) is 4.77. The Kier molecular flexibility index (Phi) is 4.13. The highest BCUT2D eigenvalue weighted by atomic mass is 19.1. The summed E-state index contributed by atoms with van der Waals surface area (Å²) in [5.74, 6) is 0.404. The number of halogens is 1. The monoisotopic (exact) mass is 275 g/mol. The molecule has 0 saturated carbocycles. The van der Waals surface area contributed by atoms with Gasteiger partial charge in [0.2, 0.25) is 0 Å². The van der Waals surface area contributed by atoms with Crippen LogP contribution in [0.5, 0.6) is 11.5 Å². The second kappa shape index (κ2) is 5.82. The van der Waals surface area contributed by atoms with Crippen LogP contribution in [-0.2, 0) is 0 Å². The molecule has 1 atom stereocenters. The Hall–Kier alpha value is -2.23. The highest BCUT2D eigenvalue weighted by molar-refractivity contribution is 5.50. The van der Waals surface area contributed by atoms with Crippen molar-refractivity contribution in [2.45, 2.75) is 19.9 Å². The normalized spacial score (nSPS) is 12.0. The summed E-state index contributed by atoms with van der Waals surface area (Å²) < 4.78 is 18.8. The highest BCUT2D eigenvalue weighted by Gasteiger charge is 2.13. The first kappa shape index (κ1) is 14.2. The number of hydrogen-bond acceptors (Lipinski definition) is 3. The first-order valence-electron chi connectivity index (χ1n) is 6.41. The Morgan fingerprint density at radius 1 is 1.20 bits per heavy atom. The molecule has 2 N–H and O–H groups in total. The Balaban J connectivity index is 2.21. The summed E-state index contributed by atoms with van der Waals surface area (Å²) in [6, 6.07) is 9.85. The number of hydrogen-bond donors (Lipinski definition) is 2. The Morgan fingerprint density at radius 2 is 1.95 bits per heavy atom. The largest absolute Gasteiger partial charge is 0.507 e. The lowest BCUT2D eigenvalue weighted by Crippen LogP contribution is -2.08. The molecule has 0 aliphatic rings. The quantitative estimate of drug-likeness (QED) is 0.885. The fraction of sp³-hybridized carbons (Fsp3) is 0.250. The van der Waals surface area contributed by atoms with E-state index in [1.165, 1.54) is 13.2 Å². The third-order valence-corrected chi connectivity index (χ3v) is 3.20. The number of rotatable bonds is 4. The molecular weight excluding hydrogens is 257 g/mol. The van der Waals surface area contributed by atoms with Crippen LogP contribution in [-0.4, -0.2) is 12.2 Å². The number of phenolic OH excluding ortho intramolecular Hbond substituents is 1. The number of ether oxygens (including phenoxy) is 1. The topological polar surface area (TPSA) is 41.5 Å². The van der Waals surface area contributed by atoms with Crippen molar-refractivity contribution in [2.24, 2.45) is 0 Å². The molecule has 2 aromatic rings. The van der Waals surface area contributed by atoms with E-state index >= 15 is 0 Å². The van der Waals surface area contributed by atoms with Gasteiger partial charge in [-0.25, -0.2) is 4.39 Å². The summed E-state index contributed by atoms with van der Waals surface area (Å²) in [5.41, 5.74) is 1.97. The summed E-state index contributed by atoms with van der Waals surface area (Å²) in [4.78, 5) is 0. The molecule has 2 aromatic carbocycles. The Labute approximate surface area is 118 Å². The molecule has 0 heterocycles. The number of phenols is 1. The SMILES string of the molecule is COc1ccc(C(C)Nc2ccc(C)cc2F)c(O)c1. The summed E-state index contributed by atoms with van der Waals surface area (Å²) in [7, 11) is 1.54. The number of aromatic hydroxyl groups is 1. The minimum absolute atomic E-state index is 0.122. The van der Waals surface area contributed by atoms with Crippen LogP contribution in [0.2, 0.25) is 0 Å². The molecule has 0 fully saturated rings. The van der Waals surface area contributed by atoms with E-state index < -0.39 is 0 Å². The number of aryl methyl sites for hydroxylation is 1. The third-order valence-electron chi connectivity index (χ3n) is 3.20. The molecule has 0 bridgehead atoms. The van der Waals surface area contributed by atoms with Crippen LogP contribution in [0.25, 0.3) is 0 Å². The molecular formula is C16H18FNO2. The Morgan fingerprint density at radius 3 is 2.55 bits per heavy atom. The van der Waals surface area contributed by atoms with Crippen molar-refractivity contribution in [2.75, 3.05) is 12.4 Å². The molecule has 2 rings (SSSR count). The van der Waals surface area contributed by atoms with Crippen LogP contribution in [0.15, 0.2) is 36.4 Å². The van der Waals surface area contributed by atoms with E-state index in [4.69, 9.17) is 4.74 Å². The molecule has 0 aromatic heterocycles. The first-order chi connectivity index (χ1) is 9.51. The van der Waals surface area contributed by atoms with Crippen LogP contribution in [0.3, 0.4) is 0 Å². The van der Waals surface area contributed by atoms with Crippen molar-refractivity contribution in [3.8, 4) is 11.5 Å². The minimum Gasteiger partial charge on any atom is -0.507 e. The van der Waals surface area contributed by atoms with Gasteiger partial charge in [-0.15, -0.1) is 0 Å². The van der Waals surface area contributed by atoms with Crippen molar-refractivity contribution in [3.63, 3.8) is 0 Å². The summed E-state index contributed by atoms with van der Waals surface area (Å²) in [6.07, 6.45) is 0. The minimum atomic E-state index is -0.301. The maximum absolute atomic E-state index is 13.8. The van der Waals surface area contributed by atoms with Gasteiger partial charge in [0.1, 0.15) is 17.3 Å². The van der Waals surface area contributed by atoms with Crippen molar-refractivity contribution in [1.82, 2.24) is 0 Å². The molecule has 0 aliphatic heterocycles. The van der Waals surface area contributed by atoms with Gasteiger partial charge in [0.15, 0.2) is 0 Å². The molecule has 4 heteroatoms. The standard InChI is InChI=1S/C16H18FNO2/c1-10-4-7-15(14(17)8-10)18-11(2)13-6-5-12(20-3)9-16(13)19/h4-9,11,18-19H,1-3H3. The Bertz CT molecular complexity index is 613. The first-order valence-corrected chi connectivity index (χ1v) is 6.41. The van der Waals surface area contributed by atoms with Crippen molar-refractivity contribution < 1.29 is 14.2 Å². The fourth-order valence-electron chi connectivity index (χ4n) is 2.06. The maximum Gasteiger partial charge on any atom is 0.146 e. The third kappa shape index (κ3) is 3.02. The molecule has 0 saturated heterocycles. The van der Waals surface area contributed by atoms with E-state index in [0.717, 1.165) is 5.56 Å². The predicted molar refractivity (Wildman–Crippen MR) is 77.8 cm³/mol. The van der Waals surface area contributed by atoms with E-state index in [1.54, 1.807) is 24.3 Å². The van der Waals surface area contributed by atoms with Gasteiger partial charge in [0, 0.05) is 11.6 Å².